The monoisotopic (exact) mass is 322 g/mol. The fraction of sp³-hybridized carbons (Fsp3) is 0.200. The van der Waals surface area contributed by atoms with Crippen LogP contribution in [0.1, 0.15) is 22.8 Å². The van der Waals surface area contributed by atoms with E-state index in [0.29, 0.717) is 17.9 Å². The summed E-state index contributed by atoms with van der Waals surface area (Å²) in [5, 5.41) is 10.4. The van der Waals surface area contributed by atoms with Crippen molar-refractivity contribution in [2.45, 2.75) is 12.5 Å². The minimum atomic E-state index is -1.02. The molecule has 98 valence electrons. The Balaban J connectivity index is 2.07. The zero-order chi connectivity index (χ0) is 13.4. The lowest BCUT2D eigenvalue weighted by Gasteiger charge is -2.16. The van der Waals surface area contributed by atoms with E-state index in [1.807, 2.05) is 12.1 Å². The number of para-hydroxylation sites is 1. The van der Waals surface area contributed by atoms with Gasteiger partial charge in [-0.3, -0.25) is 0 Å². The summed E-state index contributed by atoms with van der Waals surface area (Å²) < 4.78 is 20.1. The van der Waals surface area contributed by atoms with Crippen LogP contribution in [0.15, 0.2) is 40.9 Å². The Labute approximate surface area is 119 Å². The first kappa shape index (κ1) is 12.6. The number of hydrogen-bond donors (Lipinski definition) is 1. The van der Waals surface area contributed by atoms with Crippen molar-refractivity contribution in [2.75, 3.05) is 6.61 Å². The van der Waals surface area contributed by atoms with Crippen LogP contribution in [0.2, 0.25) is 0 Å². The Bertz CT molecular complexity index is 628. The molecule has 0 saturated heterocycles. The highest BCUT2D eigenvalue weighted by Gasteiger charge is 2.23. The third-order valence-corrected chi connectivity index (χ3v) is 3.79. The van der Waals surface area contributed by atoms with Gasteiger partial charge in [0.1, 0.15) is 17.7 Å². The summed E-state index contributed by atoms with van der Waals surface area (Å²) in [5.41, 5.74) is 1.93. The van der Waals surface area contributed by atoms with Gasteiger partial charge in [0.2, 0.25) is 0 Å². The van der Waals surface area contributed by atoms with Gasteiger partial charge in [-0.15, -0.1) is 0 Å². The predicted octanol–water partition coefficient (Wildman–Crippen LogP) is 3.60. The zero-order valence-corrected chi connectivity index (χ0v) is 11.7. The molecule has 0 saturated carbocycles. The van der Waals surface area contributed by atoms with E-state index in [-0.39, 0.29) is 5.56 Å². The van der Waals surface area contributed by atoms with E-state index in [9.17, 15) is 9.50 Å². The molecule has 0 radical (unpaired) electrons. The highest BCUT2D eigenvalue weighted by atomic mass is 79.9. The summed E-state index contributed by atoms with van der Waals surface area (Å²) in [7, 11) is 0. The molecule has 19 heavy (non-hydrogen) atoms. The highest BCUT2D eigenvalue weighted by Crippen LogP contribution is 2.37. The summed E-state index contributed by atoms with van der Waals surface area (Å²) in [6.45, 7) is 0.611. The summed E-state index contributed by atoms with van der Waals surface area (Å²) in [5.74, 6) is 0.265. The lowest BCUT2D eigenvalue weighted by Crippen LogP contribution is -2.04. The van der Waals surface area contributed by atoms with Gasteiger partial charge in [0.15, 0.2) is 0 Å². The fourth-order valence-corrected chi connectivity index (χ4v) is 2.73. The number of aliphatic hydroxyl groups is 1. The molecular weight excluding hydrogens is 311 g/mol. The van der Waals surface area contributed by atoms with E-state index in [1.165, 1.54) is 6.07 Å². The van der Waals surface area contributed by atoms with Crippen LogP contribution in [0, 0.1) is 5.82 Å². The lowest BCUT2D eigenvalue weighted by atomic mass is 9.98. The van der Waals surface area contributed by atoms with Gasteiger partial charge in [0.25, 0.3) is 0 Å². The van der Waals surface area contributed by atoms with Gasteiger partial charge in [0, 0.05) is 22.0 Å². The Morgan fingerprint density at radius 1 is 1.21 bits per heavy atom. The number of hydrogen-bond acceptors (Lipinski definition) is 2. The third kappa shape index (κ3) is 2.26. The molecule has 1 N–H and O–H groups in total. The summed E-state index contributed by atoms with van der Waals surface area (Å²) >= 11 is 3.29. The third-order valence-electron chi connectivity index (χ3n) is 3.29. The van der Waals surface area contributed by atoms with Crippen LogP contribution in [0.25, 0.3) is 0 Å². The second-order valence-corrected chi connectivity index (χ2v) is 5.42. The molecule has 1 heterocycles. The summed E-state index contributed by atoms with van der Waals surface area (Å²) in [4.78, 5) is 0. The molecule has 0 amide bonds. The minimum Gasteiger partial charge on any atom is -0.493 e. The van der Waals surface area contributed by atoms with Crippen molar-refractivity contribution in [3.8, 4) is 5.75 Å². The van der Waals surface area contributed by atoms with Crippen molar-refractivity contribution in [3.63, 3.8) is 0 Å². The Morgan fingerprint density at radius 3 is 2.89 bits per heavy atom. The molecule has 1 atom stereocenters. The molecule has 2 aromatic rings. The van der Waals surface area contributed by atoms with Gasteiger partial charge in [-0.1, -0.05) is 34.1 Å². The van der Waals surface area contributed by atoms with Crippen LogP contribution in [-0.4, -0.2) is 11.7 Å². The van der Waals surface area contributed by atoms with Crippen molar-refractivity contribution in [3.05, 3.63) is 63.4 Å². The number of rotatable bonds is 2. The van der Waals surface area contributed by atoms with E-state index in [4.69, 9.17) is 4.74 Å². The highest BCUT2D eigenvalue weighted by molar-refractivity contribution is 9.10. The Kier molecular flexibility index (Phi) is 3.29. The molecule has 0 bridgehead atoms. The quantitative estimate of drug-likeness (QED) is 0.915. The van der Waals surface area contributed by atoms with Crippen LogP contribution in [0.3, 0.4) is 0 Å². The SMILES string of the molecule is OC(c1cc(Br)ccc1F)c1cccc2c1OCC2. The van der Waals surface area contributed by atoms with Crippen LogP contribution in [0.4, 0.5) is 4.39 Å². The van der Waals surface area contributed by atoms with E-state index >= 15 is 0 Å². The van der Waals surface area contributed by atoms with Gasteiger partial charge < -0.3 is 9.84 Å². The molecule has 0 aliphatic carbocycles. The van der Waals surface area contributed by atoms with Crippen LogP contribution in [0.5, 0.6) is 5.75 Å². The molecule has 3 rings (SSSR count). The number of aliphatic hydroxyl groups excluding tert-OH is 1. The number of benzene rings is 2. The van der Waals surface area contributed by atoms with Crippen LogP contribution in [-0.2, 0) is 6.42 Å². The molecule has 2 nitrogen and oxygen atoms in total. The Morgan fingerprint density at radius 2 is 2.05 bits per heavy atom. The lowest BCUT2D eigenvalue weighted by molar-refractivity contribution is 0.208. The average Bonchev–Trinajstić information content (AvgIpc) is 2.89. The van der Waals surface area contributed by atoms with E-state index in [0.717, 1.165) is 16.5 Å². The average molecular weight is 323 g/mol. The molecule has 0 fully saturated rings. The maximum absolute atomic E-state index is 13.8. The van der Waals surface area contributed by atoms with Crippen LogP contribution >= 0.6 is 15.9 Å². The summed E-state index contributed by atoms with van der Waals surface area (Å²) in [6, 6.07) is 10.1. The molecule has 2 aromatic carbocycles. The first-order valence-corrected chi connectivity index (χ1v) is 6.83. The van der Waals surface area contributed by atoms with E-state index in [1.54, 1.807) is 18.2 Å². The predicted molar refractivity (Wildman–Crippen MR) is 73.8 cm³/mol. The maximum atomic E-state index is 13.8. The molecular formula is C15H12BrFO2. The molecule has 0 aromatic heterocycles. The first-order chi connectivity index (χ1) is 9.16. The molecule has 1 unspecified atom stereocenters. The molecule has 4 heteroatoms. The standard InChI is InChI=1S/C15H12BrFO2/c16-10-4-5-13(17)12(8-10)14(18)11-3-1-2-9-6-7-19-15(9)11/h1-5,8,14,18H,6-7H2. The van der Waals surface area contributed by atoms with E-state index < -0.39 is 11.9 Å². The summed E-state index contributed by atoms with van der Waals surface area (Å²) in [6.07, 6.45) is -0.192. The van der Waals surface area contributed by atoms with Crippen molar-refractivity contribution < 1.29 is 14.2 Å². The molecule has 1 aliphatic rings. The van der Waals surface area contributed by atoms with E-state index in [2.05, 4.69) is 15.9 Å². The van der Waals surface area contributed by atoms with Gasteiger partial charge in [-0.25, -0.2) is 4.39 Å². The smallest absolute Gasteiger partial charge is 0.129 e. The normalized spacial score (nSPS) is 14.9. The van der Waals surface area contributed by atoms with Gasteiger partial charge in [0.05, 0.1) is 6.61 Å². The Hall–Kier alpha value is -1.39. The second kappa shape index (κ2) is 4.94. The van der Waals surface area contributed by atoms with Crippen molar-refractivity contribution in [1.29, 1.82) is 0 Å². The number of ether oxygens (including phenoxy) is 1. The second-order valence-electron chi connectivity index (χ2n) is 4.50. The van der Waals surface area contributed by atoms with Crippen LogP contribution < -0.4 is 4.74 Å². The van der Waals surface area contributed by atoms with Gasteiger partial charge in [-0.2, -0.15) is 0 Å². The molecule has 0 spiro atoms. The molecule has 1 aliphatic heterocycles. The van der Waals surface area contributed by atoms with Gasteiger partial charge >= 0.3 is 0 Å². The maximum Gasteiger partial charge on any atom is 0.129 e. The largest absolute Gasteiger partial charge is 0.493 e. The van der Waals surface area contributed by atoms with Crippen molar-refractivity contribution in [1.82, 2.24) is 0 Å². The van der Waals surface area contributed by atoms with Crippen molar-refractivity contribution >= 4 is 15.9 Å². The zero-order valence-electron chi connectivity index (χ0n) is 10.1. The van der Waals surface area contributed by atoms with Gasteiger partial charge in [-0.05, 0) is 23.8 Å². The van der Waals surface area contributed by atoms with Crippen molar-refractivity contribution in [2.24, 2.45) is 0 Å². The first-order valence-electron chi connectivity index (χ1n) is 6.04. The topological polar surface area (TPSA) is 29.5 Å². The fourth-order valence-electron chi connectivity index (χ4n) is 2.35. The number of halogens is 2. The minimum absolute atomic E-state index is 0.248. The number of fused-ring (bicyclic) bond motifs is 1.